The largest absolute Gasteiger partial charge is 0.497 e. The van der Waals surface area contributed by atoms with E-state index >= 15 is 0 Å². The van der Waals surface area contributed by atoms with Crippen LogP contribution in [-0.2, 0) is 4.79 Å². The highest BCUT2D eigenvalue weighted by Crippen LogP contribution is 2.24. The predicted octanol–water partition coefficient (Wildman–Crippen LogP) is 2.44. The van der Waals surface area contributed by atoms with Crippen LogP contribution < -0.4 is 10.5 Å². The molecule has 0 bridgehead atoms. The van der Waals surface area contributed by atoms with Crippen molar-refractivity contribution in [2.45, 2.75) is 12.8 Å². The molecule has 0 radical (unpaired) electrons. The number of nitrogens with two attached hydrogens (primary N) is 1. The van der Waals surface area contributed by atoms with Gasteiger partial charge in [-0.25, -0.2) is 0 Å². The van der Waals surface area contributed by atoms with E-state index in [1.54, 1.807) is 7.11 Å². The maximum absolute atomic E-state index is 11.1. The number of amides is 1. The Labute approximate surface area is 100 Å². The lowest BCUT2D eigenvalue weighted by atomic mass is 9.97. The Kier molecular flexibility index (Phi) is 3.00. The monoisotopic (exact) mass is 229 g/mol. The van der Waals surface area contributed by atoms with Gasteiger partial charge in [-0.15, -0.1) is 0 Å². The van der Waals surface area contributed by atoms with Crippen LogP contribution in [0.1, 0.15) is 18.4 Å². The number of carbonyl (C=O) groups excluding carboxylic acids is 1. The van der Waals surface area contributed by atoms with E-state index in [1.807, 2.05) is 43.3 Å². The smallest absolute Gasteiger partial charge is 0.224 e. The van der Waals surface area contributed by atoms with Gasteiger partial charge in [-0.2, -0.15) is 0 Å². The van der Waals surface area contributed by atoms with Crippen LogP contribution in [0.15, 0.2) is 36.4 Å². The van der Waals surface area contributed by atoms with E-state index in [4.69, 9.17) is 10.5 Å². The van der Waals surface area contributed by atoms with Crippen LogP contribution in [-0.4, -0.2) is 13.0 Å². The molecule has 0 saturated heterocycles. The molecule has 2 rings (SSSR count). The molecule has 3 nitrogen and oxygen atoms in total. The molecule has 0 aliphatic heterocycles. The van der Waals surface area contributed by atoms with Crippen molar-refractivity contribution < 1.29 is 9.53 Å². The second-order valence-corrected chi connectivity index (χ2v) is 4.10. The molecule has 1 amide bonds. The summed E-state index contributed by atoms with van der Waals surface area (Å²) in [4.78, 5) is 11.1. The lowest BCUT2D eigenvalue weighted by Crippen LogP contribution is -2.18. The molecule has 88 valence electrons. The van der Waals surface area contributed by atoms with Crippen molar-refractivity contribution in [3.05, 3.63) is 42.0 Å². The lowest BCUT2D eigenvalue weighted by Gasteiger charge is -2.09. The van der Waals surface area contributed by atoms with Crippen molar-refractivity contribution in [3.63, 3.8) is 0 Å². The average Bonchev–Trinajstić information content (AvgIpc) is 2.36. The number of hydrogen-bond acceptors (Lipinski definition) is 2. The number of rotatable bonds is 3. The number of benzene rings is 2. The molecule has 2 aromatic carbocycles. The van der Waals surface area contributed by atoms with Crippen LogP contribution in [0.3, 0.4) is 0 Å². The minimum atomic E-state index is -0.308. The summed E-state index contributed by atoms with van der Waals surface area (Å²) in [6.45, 7) is 1.81. The Hall–Kier alpha value is -2.03. The van der Waals surface area contributed by atoms with E-state index < -0.39 is 0 Å². The second kappa shape index (κ2) is 4.45. The van der Waals surface area contributed by atoms with Gasteiger partial charge in [0.1, 0.15) is 5.75 Å². The number of hydrogen-bond donors (Lipinski definition) is 1. The first-order chi connectivity index (χ1) is 8.11. The molecular formula is C14H15NO2. The zero-order chi connectivity index (χ0) is 12.4. The second-order valence-electron chi connectivity index (χ2n) is 4.10. The molecule has 0 aliphatic carbocycles. The van der Waals surface area contributed by atoms with Crippen molar-refractivity contribution in [3.8, 4) is 5.75 Å². The van der Waals surface area contributed by atoms with Crippen LogP contribution in [0, 0.1) is 0 Å². The third kappa shape index (κ3) is 2.23. The minimum Gasteiger partial charge on any atom is -0.497 e. The zero-order valence-electron chi connectivity index (χ0n) is 9.94. The van der Waals surface area contributed by atoms with Gasteiger partial charge in [0.25, 0.3) is 0 Å². The summed E-state index contributed by atoms with van der Waals surface area (Å²) in [5.41, 5.74) is 6.24. The van der Waals surface area contributed by atoms with E-state index in [0.29, 0.717) is 0 Å². The summed E-state index contributed by atoms with van der Waals surface area (Å²) in [5.74, 6) is 0.257. The highest BCUT2D eigenvalue weighted by molar-refractivity contribution is 5.87. The van der Waals surface area contributed by atoms with E-state index in [-0.39, 0.29) is 11.8 Å². The molecule has 2 aromatic rings. The summed E-state index contributed by atoms with van der Waals surface area (Å²) in [7, 11) is 1.64. The molecule has 0 fully saturated rings. The van der Waals surface area contributed by atoms with Crippen LogP contribution in [0.4, 0.5) is 0 Å². The van der Waals surface area contributed by atoms with Gasteiger partial charge in [0.05, 0.1) is 13.0 Å². The van der Waals surface area contributed by atoms with Gasteiger partial charge in [0.2, 0.25) is 5.91 Å². The third-order valence-electron chi connectivity index (χ3n) is 3.00. The first kappa shape index (κ1) is 11.5. The molecule has 0 unspecified atom stereocenters. The van der Waals surface area contributed by atoms with Gasteiger partial charge in [0, 0.05) is 0 Å². The average molecular weight is 229 g/mol. The van der Waals surface area contributed by atoms with Crippen molar-refractivity contribution in [1.82, 2.24) is 0 Å². The molecular weight excluding hydrogens is 214 g/mol. The van der Waals surface area contributed by atoms with Crippen LogP contribution in [0.2, 0.25) is 0 Å². The van der Waals surface area contributed by atoms with Gasteiger partial charge < -0.3 is 10.5 Å². The van der Waals surface area contributed by atoms with Crippen molar-refractivity contribution >= 4 is 16.7 Å². The molecule has 3 heteroatoms. The zero-order valence-corrected chi connectivity index (χ0v) is 9.94. The summed E-state index contributed by atoms with van der Waals surface area (Å²) < 4.78 is 5.16. The van der Waals surface area contributed by atoms with Crippen molar-refractivity contribution in [2.75, 3.05) is 7.11 Å². The maximum Gasteiger partial charge on any atom is 0.224 e. The summed E-state index contributed by atoms with van der Waals surface area (Å²) in [5, 5.41) is 2.17. The standard InChI is InChI=1S/C14H15NO2/c1-9(14(15)16)10-3-4-12-8-13(17-2)6-5-11(12)7-10/h3-9H,1-2H3,(H2,15,16)/t9-/m1/s1. The topological polar surface area (TPSA) is 52.3 Å². The molecule has 0 saturated carbocycles. The Morgan fingerprint density at radius 3 is 2.47 bits per heavy atom. The van der Waals surface area contributed by atoms with Gasteiger partial charge in [0.15, 0.2) is 0 Å². The number of fused-ring (bicyclic) bond motifs is 1. The van der Waals surface area contributed by atoms with Crippen LogP contribution in [0.25, 0.3) is 10.8 Å². The highest BCUT2D eigenvalue weighted by Gasteiger charge is 2.11. The van der Waals surface area contributed by atoms with E-state index in [9.17, 15) is 4.79 Å². The molecule has 0 heterocycles. The fraction of sp³-hybridized carbons (Fsp3) is 0.214. The van der Waals surface area contributed by atoms with Crippen LogP contribution in [0.5, 0.6) is 5.75 Å². The Bertz CT molecular complexity index is 563. The molecule has 0 aliphatic rings. The summed E-state index contributed by atoms with van der Waals surface area (Å²) >= 11 is 0. The van der Waals surface area contributed by atoms with Crippen molar-refractivity contribution in [2.24, 2.45) is 5.73 Å². The third-order valence-corrected chi connectivity index (χ3v) is 3.00. The maximum atomic E-state index is 11.1. The lowest BCUT2D eigenvalue weighted by molar-refractivity contribution is -0.119. The molecule has 0 spiro atoms. The first-order valence-electron chi connectivity index (χ1n) is 5.49. The fourth-order valence-electron chi connectivity index (χ4n) is 1.80. The van der Waals surface area contributed by atoms with Gasteiger partial charge in [-0.05, 0) is 35.4 Å². The van der Waals surface area contributed by atoms with Gasteiger partial charge in [-0.3, -0.25) is 4.79 Å². The quantitative estimate of drug-likeness (QED) is 0.878. The predicted molar refractivity (Wildman–Crippen MR) is 68.1 cm³/mol. The Morgan fingerprint density at radius 1 is 1.18 bits per heavy atom. The summed E-state index contributed by atoms with van der Waals surface area (Å²) in [6, 6.07) is 11.7. The Morgan fingerprint density at radius 2 is 1.82 bits per heavy atom. The molecule has 0 aromatic heterocycles. The number of carbonyl (C=O) groups is 1. The number of primary amides is 1. The van der Waals surface area contributed by atoms with Crippen molar-refractivity contribution in [1.29, 1.82) is 0 Å². The minimum absolute atomic E-state index is 0.262. The van der Waals surface area contributed by atoms with E-state index in [0.717, 1.165) is 22.1 Å². The molecule has 1 atom stereocenters. The normalized spacial score (nSPS) is 12.4. The van der Waals surface area contributed by atoms with E-state index in [1.165, 1.54) is 0 Å². The number of ether oxygens (including phenoxy) is 1. The van der Waals surface area contributed by atoms with Crippen LogP contribution >= 0.6 is 0 Å². The Balaban J connectivity index is 2.48. The number of methoxy groups -OCH3 is 1. The summed E-state index contributed by atoms with van der Waals surface area (Å²) in [6.07, 6.45) is 0. The van der Waals surface area contributed by atoms with E-state index in [2.05, 4.69) is 0 Å². The SMILES string of the molecule is COc1ccc2cc([C@@H](C)C(N)=O)ccc2c1. The fourth-order valence-corrected chi connectivity index (χ4v) is 1.80. The molecule has 17 heavy (non-hydrogen) atoms. The molecule has 2 N–H and O–H groups in total. The van der Waals surface area contributed by atoms with Gasteiger partial charge in [-0.1, -0.05) is 24.3 Å². The van der Waals surface area contributed by atoms with Gasteiger partial charge >= 0.3 is 0 Å². The first-order valence-corrected chi connectivity index (χ1v) is 5.49. The highest BCUT2D eigenvalue weighted by atomic mass is 16.5.